The zero-order chi connectivity index (χ0) is 13.9. The molecule has 0 bridgehead atoms. The Kier molecular flexibility index (Phi) is 3.62. The highest BCUT2D eigenvalue weighted by Gasteiger charge is 2.25. The van der Waals surface area contributed by atoms with Gasteiger partial charge < -0.3 is 24.7 Å². The van der Waals surface area contributed by atoms with E-state index in [2.05, 4.69) is 0 Å². The predicted molar refractivity (Wildman–Crippen MR) is 72.9 cm³/mol. The van der Waals surface area contributed by atoms with E-state index in [0.29, 0.717) is 31.3 Å². The Morgan fingerprint density at radius 1 is 1.15 bits per heavy atom. The maximum atomic E-state index is 10.4. The smallest absolute Gasteiger partial charge is 0.161 e. The number of rotatable bonds is 4. The second kappa shape index (κ2) is 5.56. The Morgan fingerprint density at radius 3 is 2.65 bits per heavy atom. The summed E-state index contributed by atoms with van der Waals surface area (Å²) in [7, 11) is 0. The Morgan fingerprint density at radius 2 is 1.95 bits per heavy atom. The van der Waals surface area contributed by atoms with Crippen molar-refractivity contribution in [2.45, 2.75) is 12.0 Å². The van der Waals surface area contributed by atoms with Crippen molar-refractivity contribution in [1.29, 1.82) is 0 Å². The van der Waals surface area contributed by atoms with Gasteiger partial charge in [0.2, 0.25) is 0 Å². The SMILES string of the molecule is NCC(c1ccc2c(c1)OCCO2)C(O)c1ccco1. The first-order valence-electron chi connectivity index (χ1n) is 6.60. The first-order valence-corrected chi connectivity index (χ1v) is 6.60. The van der Waals surface area contributed by atoms with Gasteiger partial charge in [0.25, 0.3) is 0 Å². The quantitative estimate of drug-likeness (QED) is 0.890. The zero-order valence-electron chi connectivity index (χ0n) is 11.0. The summed E-state index contributed by atoms with van der Waals surface area (Å²) < 4.78 is 16.3. The maximum Gasteiger partial charge on any atom is 0.161 e. The minimum absolute atomic E-state index is 0.253. The Balaban J connectivity index is 1.89. The molecule has 1 aliphatic rings. The molecule has 3 rings (SSSR count). The van der Waals surface area contributed by atoms with Crippen molar-refractivity contribution in [2.24, 2.45) is 5.73 Å². The highest BCUT2D eigenvalue weighted by atomic mass is 16.6. The van der Waals surface area contributed by atoms with Crippen LogP contribution in [0.4, 0.5) is 0 Å². The van der Waals surface area contributed by atoms with Crippen molar-refractivity contribution in [3.8, 4) is 11.5 Å². The number of aliphatic hydroxyl groups excluding tert-OH is 1. The summed E-state index contributed by atoms with van der Waals surface area (Å²) in [5, 5.41) is 10.4. The van der Waals surface area contributed by atoms with E-state index in [0.717, 1.165) is 11.3 Å². The van der Waals surface area contributed by atoms with Gasteiger partial charge in [-0.25, -0.2) is 0 Å². The third-order valence-electron chi connectivity index (χ3n) is 3.46. The lowest BCUT2D eigenvalue weighted by molar-refractivity contribution is 0.121. The lowest BCUT2D eigenvalue weighted by Crippen LogP contribution is -2.21. The van der Waals surface area contributed by atoms with Gasteiger partial charge >= 0.3 is 0 Å². The molecule has 5 heteroatoms. The monoisotopic (exact) mass is 275 g/mol. The summed E-state index contributed by atoms with van der Waals surface area (Å²) >= 11 is 0. The molecule has 0 spiro atoms. The first kappa shape index (κ1) is 13.0. The molecule has 106 valence electrons. The van der Waals surface area contributed by atoms with E-state index in [1.807, 2.05) is 18.2 Å². The topological polar surface area (TPSA) is 77.9 Å². The molecule has 0 aliphatic carbocycles. The number of fused-ring (bicyclic) bond motifs is 1. The molecule has 3 N–H and O–H groups in total. The van der Waals surface area contributed by atoms with Crippen molar-refractivity contribution in [3.63, 3.8) is 0 Å². The molecule has 2 heterocycles. The molecule has 2 atom stereocenters. The van der Waals surface area contributed by atoms with E-state index in [-0.39, 0.29) is 5.92 Å². The van der Waals surface area contributed by atoms with Crippen molar-refractivity contribution in [1.82, 2.24) is 0 Å². The van der Waals surface area contributed by atoms with Crippen molar-refractivity contribution in [3.05, 3.63) is 47.9 Å². The van der Waals surface area contributed by atoms with Crippen LogP contribution in [0.3, 0.4) is 0 Å². The minimum Gasteiger partial charge on any atom is -0.486 e. The van der Waals surface area contributed by atoms with Gasteiger partial charge in [0, 0.05) is 12.5 Å². The summed E-state index contributed by atoms with van der Waals surface area (Å²) in [4.78, 5) is 0. The number of benzene rings is 1. The number of ether oxygens (including phenoxy) is 2. The van der Waals surface area contributed by atoms with E-state index < -0.39 is 6.10 Å². The van der Waals surface area contributed by atoms with Crippen LogP contribution in [0.5, 0.6) is 11.5 Å². The van der Waals surface area contributed by atoms with E-state index in [1.54, 1.807) is 12.1 Å². The van der Waals surface area contributed by atoms with E-state index in [1.165, 1.54) is 6.26 Å². The molecule has 1 aromatic heterocycles. The highest BCUT2D eigenvalue weighted by Crippen LogP contribution is 2.37. The normalized spacial score (nSPS) is 16.7. The number of hydrogen-bond donors (Lipinski definition) is 2. The molecule has 0 saturated heterocycles. The van der Waals surface area contributed by atoms with Gasteiger partial charge in [-0.05, 0) is 29.8 Å². The third-order valence-corrected chi connectivity index (χ3v) is 3.46. The Hall–Kier alpha value is -1.98. The van der Waals surface area contributed by atoms with Gasteiger partial charge in [0.05, 0.1) is 6.26 Å². The molecule has 0 radical (unpaired) electrons. The fraction of sp³-hybridized carbons (Fsp3) is 0.333. The highest BCUT2D eigenvalue weighted by molar-refractivity contribution is 5.45. The fourth-order valence-electron chi connectivity index (χ4n) is 2.40. The van der Waals surface area contributed by atoms with E-state index >= 15 is 0 Å². The predicted octanol–water partition coefficient (Wildman–Crippen LogP) is 1.83. The van der Waals surface area contributed by atoms with Gasteiger partial charge in [-0.15, -0.1) is 0 Å². The standard InChI is InChI=1S/C15H17NO4/c16-9-11(15(17)13-2-1-5-18-13)10-3-4-12-14(8-10)20-7-6-19-12/h1-5,8,11,15,17H,6-7,9,16H2. The average molecular weight is 275 g/mol. The summed E-state index contributed by atoms with van der Waals surface area (Å²) in [5.74, 6) is 1.68. The van der Waals surface area contributed by atoms with Crippen LogP contribution in [-0.4, -0.2) is 24.9 Å². The molecule has 5 nitrogen and oxygen atoms in total. The van der Waals surface area contributed by atoms with Crippen LogP contribution in [0, 0.1) is 0 Å². The summed E-state index contributed by atoms with van der Waals surface area (Å²) in [5.41, 5.74) is 6.72. The van der Waals surface area contributed by atoms with Gasteiger partial charge in [0.15, 0.2) is 11.5 Å². The van der Waals surface area contributed by atoms with Gasteiger partial charge in [-0.2, -0.15) is 0 Å². The van der Waals surface area contributed by atoms with Crippen molar-refractivity contribution in [2.75, 3.05) is 19.8 Å². The van der Waals surface area contributed by atoms with E-state index in [9.17, 15) is 5.11 Å². The van der Waals surface area contributed by atoms with Crippen LogP contribution >= 0.6 is 0 Å². The molecule has 20 heavy (non-hydrogen) atoms. The van der Waals surface area contributed by atoms with Crippen LogP contribution in [0.1, 0.15) is 23.3 Å². The number of hydrogen-bond acceptors (Lipinski definition) is 5. The zero-order valence-corrected chi connectivity index (χ0v) is 11.0. The second-order valence-electron chi connectivity index (χ2n) is 4.71. The Bertz CT molecular complexity index is 567. The average Bonchev–Trinajstić information content (AvgIpc) is 3.02. The van der Waals surface area contributed by atoms with E-state index in [4.69, 9.17) is 19.6 Å². The first-order chi connectivity index (χ1) is 9.79. The summed E-state index contributed by atoms with van der Waals surface area (Å²) in [6.07, 6.45) is 0.758. The van der Waals surface area contributed by atoms with Gasteiger partial charge in [0.1, 0.15) is 25.1 Å². The fourth-order valence-corrected chi connectivity index (χ4v) is 2.40. The molecular formula is C15H17NO4. The molecule has 2 unspecified atom stereocenters. The van der Waals surface area contributed by atoms with Crippen LogP contribution in [0.2, 0.25) is 0 Å². The molecule has 0 amide bonds. The molecule has 2 aromatic rings. The number of furan rings is 1. The molecule has 1 aromatic carbocycles. The lowest BCUT2D eigenvalue weighted by atomic mass is 9.91. The van der Waals surface area contributed by atoms with Crippen LogP contribution in [0.25, 0.3) is 0 Å². The van der Waals surface area contributed by atoms with Crippen LogP contribution in [-0.2, 0) is 0 Å². The maximum absolute atomic E-state index is 10.4. The second-order valence-corrected chi connectivity index (χ2v) is 4.71. The summed E-state index contributed by atoms with van der Waals surface area (Å²) in [6.45, 7) is 1.40. The molecule has 1 aliphatic heterocycles. The minimum atomic E-state index is -0.780. The molecular weight excluding hydrogens is 258 g/mol. The van der Waals surface area contributed by atoms with Crippen LogP contribution < -0.4 is 15.2 Å². The number of aliphatic hydroxyl groups is 1. The van der Waals surface area contributed by atoms with Gasteiger partial charge in [-0.3, -0.25) is 0 Å². The lowest BCUT2D eigenvalue weighted by Gasteiger charge is -2.23. The summed E-state index contributed by atoms with van der Waals surface area (Å²) in [6, 6.07) is 9.11. The van der Waals surface area contributed by atoms with Crippen molar-refractivity contribution >= 4 is 0 Å². The van der Waals surface area contributed by atoms with Crippen LogP contribution in [0.15, 0.2) is 41.0 Å². The largest absolute Gasteiger partial charge is 0.486 e. The molecule has 0 saturated carbocycles. The van der Waals surface area contributed by atoms with Crippen molar-refractivity contribution < 1.29 is 19.0 Å². The number of nitrogens with two attached hydrogens (primary N) is 1. The Labute approximate surface area is 116 Å². The third kappa shape index (κ3) is 2.37. The molecule has 0 fully saturated rings. The van der Waals surface area contributed by atoms with Gasteiger partial charge in [-0.1, -0.05) is 6.07 Å².